The maximum Gasteiger partial charge on any atom is 0.272 e. The number of fused-ring (bicyclic) bond motifs is 3. The number of thiophene rings is 1. The van der Waals surface area contributed by atoms with Crippen LogP contribution >= 0.6 is 23.1 Å². The first-order valence-corrected chi connectivity index (χ1v) is 12.9. The molecule has 0 amide bonds. The maximum absolute atomic E-state index is 13.3. The lowest BCUT2D eigenvalue weighted by Crippen LogP contribution is -2.23. The number of hydrogen-bond acceptors (Lipinski definition) is 7. The molecule has 0 saturated carbocycles. The summed E-state index contributed by atoms with van der Waals surface area (Å²) in [4.78, 5) is 13.3. The zero-order valence-electron chi connectivity index (χ0n) is 19.4. The molecule has 0 aliphatic carbocycles. The first kappa shape index (κ1) is 23.2. The molecule has 3 aromatic heterocycles. The van der Waals surface area contributed by atoms with Crippen LogP contribution in [-0.2, 0) is 18.7 Å². The van der Waals surface area contributed by atoms with E-state index in [0.29, 0.717) is 34.9 Å². The molecule has 7 nitrogen and oxygen atoms in total. The van der Waals surface area contributed by atoms with Crippen molar-refractivity contribution in [1.29, 1.82) is 0 Å². The number of hydrogen-bond donors (Lipinski definition) is 0. The van der Waals surface area contributed by atoms with Gasteiger partial charge in [-0.25, -0.2) is 0 Å². The van der Waals surface area contributed by atoms with Crippen LogP contribution in [0.2, 0.25) is 0 Å². The van der Waals surface area contributed by atoms with Gasteiger partial charge < -0.3 is 9.47 Å². The average Bonchev–Trinajstić information content (AvgIpc) is 3.55. The van der Waals surface area contributed by atoms with Crippen LogP contribution < -0.4 is 15.0 Å². The van der Waals surface area contributed by atoms with Crippen LogP contribution in [0.5, 0.6) is 11.5 Å². The average molecular weight is 505 g/mol. The number of benzene rings is 2. The maximum atomic E-state index is 13.3. The first-order chi connectivity index (χ1) is 17.1. The fourth-order valence-electron chi connectivity index (χ4n) is 3.97. The summed E-state index contributed by atoms with van der Waals surface area (Å²) in [5.41, 5.74) is 4.10. The molecule has 0 fully saturated rings. The normalized spacial score (nSPS) is 11.3. The molecule has 9 heteroatoms. The van der Waals surface area contributed by atoms with Gasteiger partial charge in [-0.1, -0.05) is 54.7 Å². The van der Waals surface area contributed by atoms with Gasteiger partial charge >= 0.3 is 0 Å². The quantitative estimate of drug-likeness (QED) is 0.254. The number of aromatic nitrogens is 4. The number of ether oxygens (including phenoxy) is 2. The van der Waals surface area contributed by atoms with Crippen LogP contribution in [0.1, 0.15) is 16.7 Å². The molecule has 0 atom stereocenters. The highest BCUT2D eigenvalue weighted by Gasteiger charge is 2.18. The minimum absolute atomic E-state index is 0.0491. The topological polar surface area (TPSA) is 70.7 Å². The Morgan fingerprint density at radius 2 is 1.80 bits per heavy atom. The van der Waals surface area contributed by atoms with Gasteiger partial charge in [-0.2, -0.15) is 0 Å². The SMILES string of the molecule is C=Cc1ccc(CSc2nnc3n(CCc4ccc(OC)c(OC)c4)c(=O)c4sccc4n23)cc1. The number of rotatable bonds is 9. The van der Waals surface area contributed by atoms with Crippen molar-refractivity contribution in [3.8, 4) is 11.5 Å². The second-order valence-electron chi connectivity index (χ2n) is 7.88. The zero-order valence-corrected chi connectivity index (χ0v) is 21.1. The van der Waals surface area contributed by atoms with Crippen molar-refractivity contribution >= 4 is 45.2 Å². The van der Waals surface area contributed by atoms with E-state index in [9.17, 15) is 4.79 Å². The monoisotopic (exact) mass is 504 g/mol. The third-order valence-electron chi connectivity index (χ3n) is 5.84. The molecule has 0 saturated heterocycles. The van der Waals surface area contributed by atoms with E-state index in [4.69, 9.17) is 9.47 Å². The Hall–Kier alpha value is -3.56. The lowest BCUT2D eigenvalue weighted by Gasteiger charge is -2.11. The lowest BCUT2D eigenvalue weighted by molar-refractivity contribution is 0.354. The fraction of sp³-hybridized carbons (Fsp3) is 0.192. The zero-order chi connectivity index (χ0) is 24.4. The Morgan fingerprint density at radius 3 is 2.54 bits per heavy atom. The second kappa shape index (κ2) is 9.97. The van der Waals surface area contributed by atoms with Crippen LogP contribution in [0.3, 0.4) is 0 Å². The largest absolute Gasteiger partial charge is 0.493 e. The summed E-state index contributed by atoms with van der Waals surface area (Å²) in [7, 11) is 3.23. The molecular formula is C26H24N4O3S2. The number of thioether (sulfide) groups is 1. The standard InChI is InChI=1S/C26H24N4O3S2/c1-4-17-5-7-19(8-6-17)16-35-26-28-27-25-29(24(31)23-20(30(25)26)12-14-34-23)13-11-18-9-10-21(32-2)22(15-18)33-3/h4-10,12,14-15H,1,11,13,16H2,2-3H3. The number of nitrogens with zero attached hydrogens (tertiary/aromatic N) is 4. The molecule has 3 heterocycles. The van der Waals surface area contributed by atoms with Gasteiger partial charge in [0.05, 0.1) is 19.7 Å². The molecule has 0 unspecified atom stereocenters. The van der Waals surface area contributed by atoms with Crippen LogP contribution in [0.4, 0.5) is 0 Å². The molecule has 5 aromatic rings. The highest BCUT2D eigenvalue weighted by molar-refractivity contribution is 7.98. The Balaban J connectivity index is 1.47. The van der Waals surface area contributed by atoms with Crippen molar-refractivity contribution in [2.45, 2.75) is 23.9 Å². The minimum atomic E-state index is -0.0491. The summed E-state index contributed by atoms with van der Waals surface area (Å²) in [6.07, 6.45) is 2.47. The van der Waals surface area contributed by atoms with Crippen molar-refractivity contribution < 1.29 is 9.47 Å². The van der Waals surface area contributed by atoms with Gasteiger partial charge in [0, 0.05) is 12.3 Å². The highest BCUT2D eigenvalue weighted by Crippen LogP contribution is 2.29. The third-order valence-corrected chi connectivity index (χ3v) is 7.73. The molecule has 0 aliphatic heterocycles. The molecule has 0 radical (unpaired) electrons. The van der Waals surface area contributed by atoms with E-state index in [1.807, 2.05) is 52.3 Å². The van der Waals surface area contributed by atoms with Crippen molar-refractivity contribution in [3.63, 3.8) is 0 Å². The van der Waals surface area contributed by atoms with E-state index in [1.54, 1.807) is 30.5 Å². The molecule has 0 bridgehead atoms. The summed E-state index contributed by atoms with van der Waals surface area (Å²) >= 11 is 3.04. The van der Waals surface area contributed by atoms with Gasteiger partial charge in [-0.3, -0.25) is 13.8 Å². The number of aryl methyl sites for hydroxylation is 2. The highest BCUT2D eigenvalue weighted by atomic mass is 32.2. The predicted octanol–water partition coefficient (Wildman–Crippen LogP) is 5.30. The van der Waals surface area contributed by atoms with Crippen molar-refractivity contribution in [2.75, 3.05) is 14.2 Å². The lowest BCUT2D eigenvalue weighted by atomic mass is 10.1. The van der Waals surface area contributed by atoms with Gasteiger partial charge in [0.1, 0.15) is 4.70 Å². The van der Waals surface area contributed by atoms with E-state index in [1.165, 1.54) is 16.9 Å². The summed E-state index contributed by atoms with van der Waals surface area (Å²) in [5.74, 6) is 2.63. The van der Waals surface area contributed by atoms with Crippen LogP contribution in [0.15, 0.2) is 70.4 Å². The third kappa shape index (κ3) is 4.44. The smallest absolute Gasteiger partial charge is 0.272 e. The first-order valence-electron chi connectivity index (χ1n) is 11.0. The predicted molar refractivity (Wildman–Crippen MR) is 142 cm³/mol. The second-order valence-corrected chi connectivity index (χ2v) is 9.74. The van der Waals surface area contributed by atoms with E-state index in [2.05, 4.69) is 28.9 Å². The molecule has 0 aliphatic rings. The van der Waals surface area contributed by atoms with E-state index in [0.717, 1.165) is 27.6 Å². The van der Waals surface area contributed by atoms with Crippen LogP contribution in [0, 0.1) is 0 Å². The van der Waals surface area contributed by atoms with Crippen LogP contribution in [-0.4, -0.2) is 33.4 Å². The molecule has 178 valence electrons. The van der Waals surface area contributed by atoms with Crippen molar-refractivity contribution in [3.05, 3.63) is 87.5 Å². The Bertz CT molecular complexity index is 1570. The molecule has 35 heavy (non-hydrogen) atoms. The summed E-state index contributed by atoms with van der Waals surface area (Å²) in [6.45, 7) is 4.28. The van der Waals surface area contributed by atoms with Gasteiger partial charge in [0.2, 0.25) is 5.78 Å². The molecule has 0 spiro atoms. The molecular weight excluding hydrogens is 480 g/mol. The van der Waals surface area contributed by atoms with Crippen LogP contribution in [0.25, 0.3) is 22.1 Å². The molecule has 0 N–H and O–H groups in total. The van der Waals surface area contributed by atoms with Gasteiger partial charge in [0.25, 0.3) is 5.56 Å². The van der Waals surface area contributed by atoms with Crippen molar-refractivity contribution in [1.82, 2.24) is 19.2 Å². The summed E-state index contributed by atoms with van der Waals surface area (Å²) in [6, 6.07) is 16.0. The molecule has 2 aromatic carbocycles. The van der Waals surface area contributed by atoms with Gasteiger partial charge in [-0.15, -0.1) is 21.5 Å². The molecule has 5 rings (SSSR count). The summed E-state index contributed by atoms with van der Waals surface area (Å²) in [5, 5.41) is 11.6. The van der Waals surface area contributed by atoms with Gasteiger partial charge in [0.15, 0.2) is 16.7 Å². The van der Waals surface area contributed by atoms with E-state index in [-0.39, 0.29) is 5.56 Å². The minimum Gasteiger partial charge on any atom is -0.493 e. The Labute approximate surface area is 210 Å². The van der Waals surface area contributed by atoms with Crippen molar-refractivity contribution in [2.24, 2.45) is 0 Å². The Kier molecular flexibility index (Phi) is 6.61. The Morgan fingerprint density at radius 1 is 1.03 bits per heavy atom. The van der Waals surface area contributed by atoms with E-state index >= 15 is 0 Å². The fourth-order valence-corrected chi connectivity index (χ4v) is 5.69. The van der Waals surface area contributed by atoms with Gasteiger partial charge in [-0.05, 0) is 46.7 Å². The number of methoxy groups -OCH3 is 2. The van der Waals surface area contributed by atoms with E-state index < -0.39 is 0 Å². The summed E-state index contributed by atoms with van der Waals surface area (Å²) < 4.78 is 15.2.